The van der Waals surface area contributed by atoms with Crippen LogP contribution in [-0.4, -0.2) is 8.42 Å². The second kappa shape index (κ2) is 7.71. The van der Waals surface area contributed by atoms with Crippen molar-refractivity contribution in [3.05, 3.63) is 65.7 Å². The molecule has 4 heteroatoms. The predicted molar refractivity (Wildman–Crippen MR) is 102 cm³/mol. The molecule has 1 saturated carbocycles. The molecule has 0 saturated heterocycles. The molecule has 134 valence electrons. The first kappa shape index (κ1) is 18.2. The summed E-state index contributed by atoms with van der Waals surface area (Å²) in [5, 5.41) is 0. The van der Waals surface area contributed by atoms with Crippen LogP contribution in [0.25, 0.3) is 0 Å². The predicted octanol–water partition coefficient (Wildman–Crippen LogP) is 4.84. The van der Waals surface area contributed by atoms with Gasteiger partial charge >= 0.3 is 0 Å². The number of aryl methyl sites for hydroxylation is 1. The van der Waals surface area contributed by atoms with Crippen molar-refractivity contribution < 1.29 is 8.42 Å². The summed E-state index contributed by atoms with van der Waals surface area (Å²) in [7, 11) is -3.52. The molecule has 0 bridgehead atoms. The average Bonchev–Trinajstić information content (AvgIpc) is 3.38. The van der Waals surface area contributed by atoms with Gasteiger partial charge in [0.05, 0.1) is 10.9 Å². The second-order valence-electron chi connectivity index (χ2n) is 7.12. The molecule has 3 rings (SSSR count). The summed E-state index contributed by atoms with van der Waals surface area (Å²) in [6.07, 6.45) is 4.70. The Labute approximate surface area is 151 Å². The third-order valence-corrected chi connectivity index (χ3v) is 6.56. The highest BCUT2D eigenvalue weighted by Gasteiger charge is 2.44. The molecular weight excluding hydrogens is 330 g/mol. The van der Waals surface area contributed by atoms with E-state index in [4.69, 9.17) is 0 Å². The third kappa shape index (κ3) is 4.50. The van der Waals surface area contributed by atoms with Crippen molar-refractivity contribution in [1.29, 1.82) is 0 Å². The Balaban J connectivity index is 1.82. The van der Waals surface area contributed by atoms with Crippen LogP contribution >= 0.6 is 0 Å². The van der Waals surface area contributed by atoms with Gasteiger partial charge in [0.1, 0.15) is 0 Å². The summed E-state index contributed by atoms with van der Waals surface area (Å²) in [4.78, 5) is 0.338. The lowest BCUT2D eigenvalue weighted by molar-refractivity contribution is 0.491. The highest BCUT2D eigenvalue weighted by atomic mass is 32.2. The molecule has 0 radical (unpaired) electrons. The maximum absolute atomic E-state index is 12.9. The first-order chi connectivity index (χ1) is 12.0. The standard InChI is InChI=1S/C21H27NO2S/c1-3-4-8-18-15-20(18)21(17-9-6-5-7-10-17)22-25(23,24)19-13-11-16(2)12-14-19/h5-7,9-14,18,20-22H,3-4,8,15H2,1-2H3/t18-,20-,21-/m1/s1. The Bertz CT molecular complexity index is 784. The minimum Gasteiger partial charge on any atom is -0.207 e. The van der Waals surface area contributed by atoms with E-state index in [-0.39, 0.29) is 6.04 Å². The first-order valence-corrected chi connectivity index (χ1v) is 10.6. The Morgan fingerprint density at radius 1 is 1.08 bits per heavy atom. The summed E-state index contributed by atoms with van der Waals surface area (Å²) in [5.74, 6) is 1.03. The van der Waals surface area contributed by atoms with E-state index in [2.05, 4.69) is 11.6 Å². The van der Waals surface area contributed by atoms with Crippen LogP contribution in [-0.2, 0) is 10.0 Å². The molecule has 1 aliphatic carbocycles. The minimum atomic E-state index is -3.52. The van der Waals surface area contributed by atoms with E-state index in [1.165, 1.54) is 19.3 Å². The molecule has 2 aromatic carbocycles. The van der Waals surface area contributed by atoms with Crippen LogP contribution in [0.1, 0.15) is 49.8 Å². The first-order valence-electron chi connectivity index (χ1n) is 9.15. The molecule has 2 aromatic rings. The van der Waals surface area contributed by atoms with Crippen molar-refractivity contribution in [3.8, 4) is 0 Å². The van der Waals surface area contributed by atoms with Gasteiger partial charge in [-0.05, 0) is 42.9 Å². The molecule has 0 aliphatic heterocycles. The number of rotatable bonds is 8. The number of nitrogens with one attached hydrogen (secondary N) is 1. The molecule has 0 spiro atoms. The van der Waals surface area contributed by atoms with Gasteiger partial charge in [-0.3, -0.25) is 0 Å². The minimum absolute atomic E-state index is 0.144. The fourth-order valence-electron chi connectivity index (χ4n) is 3.49. The zero-order chi connectivity index (χ0) is 17.9. The fourth-order valence-corrected chi connectivity index (χ4v) is 4.77. The fraction of sp³-hybridized carbons (Fsp3) is 0.429. The van der Waals surface area contributed by atoms with E-state index in [0.29, 0.717) is 16.7 Å². The molecule has 0 amide bonds. The second-order valence-corrected chi connectivity index (χ2v) is 8.84. The van der Waals surface area contributed by atoms with E-state index >= 15 is 0 Å². The van der Waals surface area contributed by atoms with Gasteiger partial charge in [0.2, 0.25) is 10.0 Å². The maximum atomic E-state index is 12.9. The van der Waals surface area contributed by atoms with Gasteiger partial charge in [-0.1, -0.05) is 74.2 Å². The van der Waals surface area contributed by atoms with E-state index in [1.54, 1.807) is 12.1 Å². The molecule has 0 aromatic heterocycles. The van der Waals surface area contributed by atoms with E-state index in [9.17, 15) is 8.42 Å². The smallest absolute Gasteiger partial charge is 0.207 e. The van der Waals surface area contributed by atoms with Crippen LogP contribution in [0.2, 0.25) is 0 Å². The molecular formula is C21H27NO2S. The molecule has 0 heterocycles. The maximum Gasteiger partial charge on any atom is 0.241 e. The van der Waals surface area contributed by atoms with Gasteiger partial charge in [0, 0.05) is 0 Å². The van der Waals surface area contributed by atoms with Crippen LogP contribution < -0.4 is 4.72 Å². The molecule has 3 nitrogen and oxygen atoms in total. The van der Waals surface area contributed by atoms with Gasteiger partial charge in [-0.25, -0.2) is 13.1 Å². The lowest BCUT2D eigenvalue weighted by atomic mass is 10.0. The van der Waals surface area contributed by atoms with Crippen LogP contribution in [0.4, 0.5) is 0 Å². The van der Waals surface area contributed by atoms with Crippen LogP contribution in [0.3, 0.4) is 0 Å². The Morgan fingerprint density at radius 3 is 2.40 bits per heavy atom. The number of hydrogen-bond acceptors (Lipinski definition) is 2. The van der Waals surface area contributed by atoms with Gasteiger partial charge in [-0.15, -0.1) is 0 Å². The molecule has 25 heavy (non-hydrogen) atoms. The monoisotopic (exact) mass is 357 g/mol. The normalized spacial score (nSPS) is 21.0. The van der Waals surface area contributed by atoms with Crippen LogP contribution in [0.15, 0.2) is 59.5 Å². The average molecular weight is 358 g/mol. The van der Waals surface area contributed by atoms with Gasteiger partial charge in [0.15, 0.2) is 0 Å². The largest absolute Gasteiger partial charge is 0.241 e. The lowest BCUT2D eigenvalue weighted by Crippen LogP contribution is -2.30. The van der Waals surface area contributed by atoms with E-state index in [0.717, 1.165) is 17.5 Å². The summed E-state index contributed by atoms with van der Waals surface area (Å²) in [6, 6.07) is 16.9. The van der Waals surface area contributed by atoms with Crippen LogP contribution in [0.5, 0.6) is 0 Å². The zero-order valence-electron chi connectivity index (χ0n) is 15.0. The zero-order valence-corrected chi connectivity index (χ0v) is 15.8. The molecule has 1 N–H and O–H groups in total. The van der Waals surface area contributed by atoms with Crippen molar-refractivity contribution in [3.63, 3.8) is 0 Å². The number of unbranched alkanes of at least 4 members (excludes halogenated alkanes) is 1. The quantitative estimate of drug-likeness (QED) is 0.735. The summed E-state index contributed by atoms with van der Waals surface area (Å²) < 4.78 is 28.7. The Kier molecular flexibility index (Phi) is 5.60. The summed E-state index contributed by atoms with van der Waals surface area (Å²) in [5.41, 5.74) is 2.11. The number of sulfonamides is 1. The van der Waals surface area contributed by atoms with E-state index in [1.807, 2.05) is 49.4 Å². The van der Waals surface area contributed by atoms with Gasteiger partial charge in [0.25, 0.3) is 0 Å². The highest BCUT2D eigenvalue weighted by Crippen LogP contribution is 2.50. The van der Waals surface area contributed by atoms with Crippen molar-refractivity contribution in [1.82, 2.24) is 4.72 Å². The number of hydrogen-bond donors (Lipinski definition) is 1. The van der Waals surface area contributed by atoms with Crippen molar-refractivity contribution in [2.75, 3.05) is 0 Å². The van der Waals surface area contributed by atoms with Gasteiger partial charge in [-0.2, -0.15) is 0 Å². The van der Waals surface area contributed by atoms with Crippen molar-refractivity contribution >= 4 is 10.0 Å². The molecule has 3 atom stereocenters. The third-order valence-electron chi connectivity index (χ3n) is 5.11. The van der Waals surface area contributed by atoms with Gasteiger partial charge < -0.3 is 0 Å². The molecule has 1 fully saturated rings. The lowest BCUT2D eigenvalue weighted by Gasteiger charge is -2.20. The Hall–Kier alpha value is -1.65. The highest BCUT2D eigenvalue weighted by molar-refractivity contribution is 7.89. The molecule has 0 unspecified atom stereocenters. The SMILES string of the molecule is CCCC[C@@H]1C[C@H]1[C@H](NS(=O)(=O)c1ccc(C)cc1)c1ccccc1. The van der Waals surface area contributed by atoms with E-state index < -0.39 is 10.0 Å². The Morgan fingerprint density at radius 2 is 1.76 bits per heavy atom. The summed E-state index contributed by atoms with van der Waals surface area (Å²) in [6.45, 7) is 4.16. The van der Waals surface area contributed by atoms with Crippen molar-refractivity contribution in [2.24, 2.45) is 11.8 Å². The number of benzene rings is 2. The molecule has 1 aliphatic rings. The summed E-state index contributed by atoms with van der Waals surface area (Å²) >= 11 is 0. The van der Waals surface area contributed by atoms with Crippen molar-refractivity contribution in [2.45, 2.75) is 50.5 Å². The topological polar surface area (TPSA) is 46.2 Å². The van der Waals surface area contributed by atoms with Crippen LogP contribution in [0, 0.1) is 18.8 Å².